The molecule has 5 N–H and O–H groups in total. The first-order chi connectivity index (χ1) is 9.28. The van der Waals surface area contributed by atoms with Crippen LogP contribution in [0.3, 0.4) is 0 Å². The second-order valence-electron chi connectivity index (χ2n) is 3.91. The zero-order valence-corrected chi connectivity index (χ0v) is 12.0. The lowest BCUT2D eigenvalue weighted by Crippen LogP contribution is -2.56. The maximum atomic E-state index is 12.0. The van der Waals surface area contributed by atoms with Crippen LogP contribution in [-0.4, -0.2) is 65.2 Å². The van der Waals surface area contributed by atoms with Crippen molar-refractivity contribution in [3.8, 4) is 0 Å². The number of carbonyl (C=O) groups excluding carboxylic acids is 1. The molecule has 12 heteroatoms. The molecule has 0 fully saturated rings. The van der Waals surface area contributed by atoms with Gasteiger partial charge >= 0.3 is 0 Å². The van der Waals surface area contributed by atoms with E-state index in [1.54, 1.807) is 0 Å². The monoisotopic (exact) mass is 326 g/mol. The van der Waals surface area contributed by atoms with E-state index in [9.17, 15) is 13.2 Å². The van der Waals surface area contributed by atoms with Gasteiger partial charge in [0.05, 0.1) is 19.8 Å². The SMILES string of the molecule is CC(=O)Nc1nnc(S(=O)(=O)NC(CO)(CO)CO)s1. The molecule has 1 heterocycles. The molecule has 0 aliphatic rings. The molecule has 1 amide bonds. The number of nitrogens with one attached hydrogen (secondary N) is 2. The summed E-state index contributed by atoms with van der Waals surface area (Å²) in [5, 5.41) is 36.3. The Morgan fingerprint density at radius 1 is 1.25 bits per heavy atom. The van der Waals surface area contributed by atoms with Gasteiger partial charge in [-0.25, -0.2) is 8.42 Å². The first kappa shape index (κ1) is 16.9. The van der Waals surface area contributed by atoms with Crippen molar-refractivity contribution in [1.29, 1.82) is 0 Å². The smallest absolute Gasteiger partial charge is 0.270 e. The number of hydrogen-bond acceptors (Lipinski definition) is 9. The second kappa shape index (κ2) is 6.51. The number of sulfonamides is 1. The van der Waals surface area contributed by atoms with Crippen LogP contribution in [0.4, 0.5) is 5.13 Å². The highest BCUT2D eigenvalue weighted by Gasteiger charge is 2.35. The zero-order valence-electron chi connectivity index (χ0n) is 10.4. The van der Waals surface area contributed by atoms with E-state index < -0.39 is 45.6 Å². The third-order valence-electron chi connectivity index (χ3n) is 2.18. The molecule has 20 heavy (non-hydrogen) atoms. The average Bonchev–Trinajstić information content (AvgIpc) is 2.84. The van der Waals surface area contributed by atoms with Gasteiger partial charge in [0.2, 0.25) is 15.4 Å². The standard InChI is InChI=1S/C8H14N4O6S2/c1-5(16)9-6-10-11-7(19-6)20(17,18)12-8(2-13,3-14)4-15/h12-15H,2-4H2,1H3,(H,9,10,16). The van der Waals surface area contributed by atoms with E-state index in [1.807, 2.05) is 4.72 Å². The summed E-state index contributed by atoms with van der Waals surface area (Å²) >= 11 is 0.591. The Morgan fingerprint density at radius 3 is 2.25 bits per heavy atom. The van der Waals surface area contributed by atoms with Crippen molar-refractivity contribution in [2.75, 3.05) is 25.1 Å². The molecule has 10 nitrogen and oxygen atoms in total. The van der Waals surface area contributed by atoms with Crippen LogP contribution < -0.4 is 10.0 Å². The zero-order chi connectivity index (χ0) is 15.4. The van der Waals surface area contributed by atoms with Crippen LogP contribution in [0.15, 0.2) is 4.34 Å². The largest absolute Gasteiger partial charge is 0.394 e. The van der Waals surface area contributed by atoms with Crippen molar-refractivity contribution in [2.24, 2.45) is 0 Å². The summed E-state index contributed by atoms with van der Waals surface area (Å²) in [6.45, 7) is -1.20. The van der Waals surface area contributed by atoms with Gasteiger partial charge in [0.15, 0.2) is 0 Å². The Labute approximate surface area is 118 Å². The molecule has 1 aromatic heterocycles. The van der Waals surface area contributed by atoms with E-state index >= 15 is 0 Å². The predicted molar refractivity (Wildman–Crippen MR) is 68.5 cm³/mol. The minimum absolute atomic E-state index is 0.0135. The van der Waals surface area contributed by atoms with Gasteiger partial charge in [-0.3, -0.25) is 4.79 Å². The van der Waals surface area contributed by atoms with E-state index in [1.165, 1.54) is 6.92 Å². The van der Waals surface area contributed by atoms with Crippen molar-refractivity contribution >= 4 is 32.4 Å². The van der Waals surface area contributed by atoms with Crippen molar-refractivity contribution in [1.82, 2.24) is 14.9 Å². The minimum atomic E-state index is -4.21. The summed E-state index contributed by atoms with van der Waals surface area (Å²) in [5.41, 5.74) is -1.81. The Balaban J connectivity index is 2.99. The van der Waals surface area contributed by atoms with E-state index in [2.05, 4.69) is 15.5 Å². The average molecular weight is 326 g/mol. The lowest BCUT2D eigenvalue weighted by molar-refractivity contribution is -0.114. The molecule has 1 aromatic rings. The Hall–Kier alpha value is -1.18. The van der Waals surface area contributed by atoms with Crippen LogP contribution in [0.25, 0.3) is 0 Å². The maximum Gasteiger partial charge on any atom is 0.270 e. The number of rotatable bonds is 7. The number of aromatic nitrogens is 2. The molecule has 0 spiro atoms. The molecule has 0 aliphatic carbocycles. The number of carbonyl (C=O) groups is 1. The fourth-order valence-corrected chi connectivity index (χ4v) is 3.42. The molecular formula is C8H14N4O6S2. The number of hydrogen-bond donors (Lipinski definition) is 5. The minimum Gasteiger partial charge on any atom is -0.394 e. The first-order valence-electron chi connectivity index (χ1n) is 5.26. The summed E-state index contributed by atoms with van der Waals surface area (Å²) in [5.74, 6) is -0.437. The Kier molecular flexibility index (Phi) is 5.50. The number of anilines is 1. The van der Waals surface area contributed by atoms with Gasteiger partial charge in [0.1, 0.15) is 5.54 Å². The molecule has 114 valence electrons. The van der Waals surface area contributed by atoms with Crippen LogP contribution >= 0.6 is 11.3 Å². The topological polar surface area (TPSA) is 162 Å². The third-order valence-corrected chi connectivity index (χ3v) is 4.96. The second-order valence-corrected chi connectivity index (χ2v) is 6.75. The summed E-state index contributed by atoms with van der Waals surface area (Å²) in [6, 6.07) is 0. The van der Waals surface area contributed by atoms with Gasteiger partial charge in [-0.2, -0.15) is 4.72 Å². The van der Waals surface area contributed by atoms with Crippen LogP contribution in [0, 0.1) is 0 Å². The summed E-state index contributed by atoms with van der Waals surface area (Å²) in [7, 11) is -4.21. The van der Waals surface area contributed by atoms with Crippen molar-refractivity contribution in [3.63, 3.8) is 0 Å². The molecule has 0 saturated carbocycles. The quantitative estimate of drug-likeness (QED) is 0.343. The highest BCUT2D eigenvalue weighted by atomic mass is 32.2. The predicted octanol–water partition coefficient (Wildman–Crippen LogP) is -2.51. The van der Waals surface area contributed by atoms with Crippen LogP contribution in [0.2, 0.25) is 0 Å². The van der Waals surface area contributed by atoms with Crippen LogP contribution in [0.1, 0.15) is 6.92 Å². The fraction of sp³-hybridized carbons (Fsp3) is 0.625. The van der Waals surface area contributed by atoms with E-state index in [-0.39, 0.29) is 5.13 Å². The number of amides is 1. The normalized spacial score (nSPS) is 12.4. The molecular weight excluding hydrogens is 312 g/mol. The van der Waals surface area contributed by atoms with Gasteiger partial charge in [-0.15, -0.1) is 10.2 Å². The van der Waals surface area contributed by atoms with Gasteiger partial charge < -0.3 is 20.6 Å². The molecule has 0 saturated heterocycles. The Morgan fingerprint density at radius 2 is 1.80 bits per heavy atom. The highest BCUT2D eigenvalue weighted by Crippen LogP contribution is 2.21. The van der Waals surface area contributed by atoms with Crippen molar-refractivity contribution in [3.05, 3.63) is 0 Å². The first-order valence-corrected chi connectivity index (χ1v) is 7.56. The molecule has 1 rings (SSSR count). The maximum absolute atomic E-state index is 12.0. The van der Waals surface area contributed by atoms with E-state index in [0.29, 0.717) is 11.3 Å². The molecule has 0 aromatic carbocycles. The van der Waals surface area contributed by atoms with Crippen LogP contribution in [-0.2, 0) is 14.8 Å². The summed E-state index contributed by atoms with van der Waals surface area (Å²) in [6.07, 6.45) is 0. The van der Waals surface area contributed by atoms with Gasteiger partial charge in [-0.1, -0.05) is 11.3 Å². The van der Waals surface area contributed by atoms with Gasteiger partial charge in [0.25, 0.3) is 10.0 Å². The Bertz CT molecular complexity index is 559. The van der Waals surface area contributed by atoms with E-state index in [4.69, 9.17) is 15.3 Å². The third kappa shape index (κ3) is 3.91. The number of aliphatic hydroxyl groups excluding tert-OH is 3. The van der Waals surface area contributed by atoms with Crippen molar-refractivity contribution < 1.29 is 28.5 Å². The van der Waals surface area contributed by atoms with Gasteiger partial charge in [0, 0.05) is 6.92 Å². The number of nitrogens with zero attached hydrogens (tertiary/aromatic N) is 2. The van der Waals surface area contributed by atoms with Gasteiger partial charge in [-0.05, 0) is 0 Å². The summed E-state index contributed by atoms with van der Waals surface area (Å²) < 4.78 is 25.4. The molecule has 0 unspecified atom stereocenters. The summed E-state index contributed by atoms with van der Waals surface area (Å²) in [4.78, 5) is 10.8. The molecule has 0 aliphatic heterocycles. The highest BCUT2D eigenvalue weighted by molar-refractivity contribution is 7.91. The lowest BCUT2D eigenvalue weighted by atomic mass is 10.1. The molecule has 0 radical (unpaired) electrons. The molecule has 0 atom stereocenters. The lowest BCUT2D eigenvalue weighted by Gasteiger charge is -2.27. The van der Waals surface area contributed by atoms with E-state index in [0.717, 1.165) is 0 Å². The fourth-order valence-electron chi connectivity index (χ4n) is 1.09. The molecule has 0 bridgehead atoms. The van der Waals surface area contributed by atoms with Crippen LogP contribution in [0.5, 0.6) is 0 Å². The number of aliphatic hydroxyl groups is 3. The van der Waals surface area contributed by atoms with Crippen molar-refractivity contribution in [2.45, 2.75) is 16.8 Å².